The van der Waals surface area contributed by atoms with Gasteiger partial charge in [0.2, 0.25) is 5.79 Å². The molecule has 1 amide bonds. The van der Waals surface area contributed by atoms with Gasteiger partial charge < -0.3 is 34.0 Å². The maximum Gasteiger partial charge on any atom is 0.410 e. The first-order chi connectivity index (χ1) is 25.3. The number of rotatable bonds is 19. The Labute approximate surface area is 308 Å². The molecular weight excluding hydrogens is 662 g/mol. The number of oxime groups is 1. The summed E-state index contributed by atoms with van der Waals surface area (Å²) in [5.41, 5.74) is 4.50. The molecule has 1 aliphatic heterocycles. The normalized spacial score (nSPS) is 25.3. The van der Waals surface area contributed by atoms with Gasteiger partial charge in [-0.2, -0.15) is 0 Å². The number of benzene rings is 1. The Morgan fingerprint density at radius 2 is 1.92 bits per heavy atom. The highest BCUT2D eigenvalue weighted by Crippen LogP contribution is 2.62. The molecule has 52 heavy (non-hydrogen) atoms. The molecule has 284 valence electrons. The van der Waals surface area contributed by atoms with Crippen molar-refractivity contribution in [2.24, 2.45) is 22.9 Å². The van der Waals surface area contributed by atoms with E-state index < -0.39 is 17.9 Å². The van der Waals surface area contributed by atoms with Crippen molar-refractivity contribution in [1.29, 1.82) is 0 Å². The predicted octanol–water partition coefficient (Wildman–Crippen LogP) is 7.10. The lowest BCUT2D eigenvalue weighted by Crippen LogP contribution is -2.70. The second-order valence-corrected chi connectivity index (χ2v) is 13.9. The lowest BCUT2D eigenvalue weighted by Gasteiger charge is -2.59. The average molecular weight is 720 g/mol. The molecule has 1 fully saturated rings. The van der Waals surface area contributed by atoms with Crippen LogP contribution < -0.4 is 9.47 Å². The molecule has 2 N–H and O–H groups in total. The molecule has 0 spiro atoms. The second kappa shape index (κ2) is 18.7. The predicted molar refractivity (Wildman–Crippen MR) is 199 cm³/mol. The number of allylic oxidation sites excluding steroid dienone is 1. The van der Waals surface area contributed by atoms with Gasteiger partial charge >= 0.3 is 6.09 Å². The highest BCUT2D eigenvalue weighted by molar-refractivity contribution is 6.02. The first kappa shape index (κ1) is 39.3. The largest absolute Gasteiger partial charge is 0.487 e. The fraction of sp³-hybridized carbons (Fsp3) is 0.585. The highest BCUT2D eigenvalue weighted by atomic mass is 16.7. The van der Waals surface area contributed by atoms with E-state index in [2.05, 4.69) is 28.9 Å². The van der Waals surface area contributed by atoms with Gasteiger partial charge in [0, 0.05) is 43.4 Å². The Hall–Kier alpha value is -3.93. The van der Waals surface area contributed by atoms with Gasteiger partial charge in [-0.3, -0.25) is 9.88 Å². The van der Waals surface area contributed by atoms with Crippen LogP contribution in [0.5, 0.6) is 11.5 Å². The van der Waals surface area contributed by atoms with Gasteiger partial charge in [-0.1, -0.05) is 43.1 Å². The van der Waals surface area contributed by atoms with E-state index in [1.165, 1.54) is 0 Å². The van der Waals surface area contributed by atoms with Gasteiger partial charge in [0.1, 0.15) is 31.3 Å². The van der Waals surface area contributed by atoms with E-state index in [0.717, 1.165) is 53.9 Å². The van der Waals surface area contributed by atoms with Crippen LogP contribution in [0.3, 0.4) is 0 Å². The topological polar surface area (TPSA) is 132 Å². The Bertz CT molecular complexity index is 1560. The zero-order valence-corrected chi connectivity index (χ0v) is 31.3. The second-order valence-electron chi connectivity index (χ2n) is 13.9. The van der Waals surface area contributed by atoms with E-state index in [0.29, 0.717) is 50.3 Å². The quantitative estimate of drug-likeness (QED) is 0.0887. The molecule has 1 aromatic heterocycles. The number of aromatic nitrogens is 1. The van der Waals surface area contributed by atoms with E-state index in [9.17, 15) is 15.0 Å². The third-order valence-corrected chi connectivity index (χ3v) is 10.5. The Morgan fingerprint density at radius 1 is 1.13 bits per heavy atom. The summed E-state index contributed by atoms with van der Waals surface area (Å²) in [6, 6.07) is 11.3. The monoisotopic (exact) mass is 719 g/mol. The van der Waals surface area contributed by atoms with Crippen molar-refractivity contribution in [3.8, 4) is 11.5 Å². The van der Waals surface area contributed by atoms with Crippen LogP contribution in [-0.4, -0.2) is 83.8 Å². The summed E-state index contributed by atoms with van der Waals surface area (Å²) in [4.78, 5) is 25.7. The number of fused-ring (bicyclic) bond motifs is 2. The first-order valence-electron chi connectivity index (χ1n) is 19.0. The first-order valence-corrected chi connectivity index (χ1v) is 19.0. The van der Waals surface area contributed by atoms with Crippen molar-refractivity contribution < 1.29 is 38.8 Å². The number of amides is 1. The summed E-state index contributed by atoms with van der Waals surface area (Å²) in [5, 5.41) is 24.2. The van der Waals surface area contributed by atoms with E-state index in [4.69, 9.17) is 23.8 Å². The number of aryl methyl sites for hydroxylation is 1. The van der Waals surface area contributed by atoms with E-state index in [1.807, 2.05) is 44.2 Å². The van der Waals surface area contributed by atoms with Gasteiger partial charge in [0.25, 0.3) is 0 Å². The number of carbonyl (C=O) groups is 1. The number of nitrogens with zero attached hydrogens (tertiary/aromatic N) is 3. The minimum atomic E-state index is -1.31. The number of pyridine rings is 1. The standard InChI is InChI=1S/C41H57N3O8/c1-6-20-44(40(47)49-8-3)37-26-35(43-48-5)33-24-29(15-9-11-21-45)32(17-10-12-22-46)38-34-25-31(50-27-30-16-13-14-28(4)42-30)18-19-36(34)52-41(37,39(33)38)51-23-7-2/h7,13-14,16,18-19,24-25,29,32,37-39,45-46H,2,6,8-12,15,17,20-23,26-27H2,1,3-5H3/t29-,32+,37-,38+,39+,41+/m0/s1. The summed E-state index contributed by atoms with van der Waals surface area (Å²) < 4.78 is 26.2. The number of unbranched alkanes of at least 4 members (excludes halogenated alkanes) is 2. The summed E-state index contributed by atoms with van der Waals surface area (Å²) >= 11 is 0. The van der Waals surface area contributed by atoms with Crippen LogP contribution in [0.15, 0.2) is 65.9 Å². The number of aliphatic hydroxyl groups is 2. The zero-order valence-electron chi connectivity index (χ0n) is 31.3. The van der Waals surface area contributed by atoms with Crippen molar-refractivity contribution in [3.63, 3.8) is 0 Å². The molecular formula is C41H57N3O8. The van der Waals surface area contributed by atoms with Crippen LogP contribution in [0.2, 0.25) is 0 Å². The molecule has 3 aliphatic rings. The molecule has 5 rings (SSSR count). The van der Waals surface area contributed by atoms with Gasteiger partial charge in [-0.15, -0.1) is 6.58 Å². The van der Waals surface area contributed by atoms with Gasteiger partial charge in [-0.25, -0.2) is 4.79 Å². The van der Waals surface area contributed by atoms with E-state index >= 15 is 0 Å². The fourth-order valence-corrected chi connectivity index (χ4v) is 8.51. The van der Waals surface area contributed by atoms with Gasteiger partial charge in [0.15, 0.2) is 0 Å². The van der Waals surface area contributed by atoms with Crippen molar-refractivity contribution >= 4 is 11.8 Å². The third kappa shape index (κ3) is 8.48. The molecule has 0 bridgehead atoms. The number of aliphatic hydroxyl groups excluding tert-OH is 2. The Balaban J connectivity index is 1.73. The molecule has 6 atom stereocenters. The van der Waals surface area contributed by atoms with Crippen LogP contribution >= 0.6 is 0 Å². The van der Waals surface area contributed by atoms with Crippen molar-refractivity contribution in [2.45, 2.75) is 96.5 Å². The lowest BCUT2D eigenvalue weighted by atomic mass is 9.55. The van der Waals surface area contributed by atoms with Crippen molar-refractivity contribution in [3.05, 3.63) is 77.7 Å². The molecule has 2 heterocycles. The average Bonchev–Trinajstić information content (AvgIpc) is 3.14. The SMILES string of the molecule is C=CCO[C@@]12Oc3ccc(OCc4cccc(C)n4)cc3[C@H]3[C@H](CCCCO)[C@@H](CCCCO)C=C(C(=NOC)C[C@@H]1N(CCC)C(=O)OCC)[C@H]32. The molecule has 11 nitrogen and oxygen atoms in total. The van der Waals surface area contributed by atoms with Crippen LogP contribution in [0, 0.1) is 24.7 Å². The van der Waals surface area contributed by atoms with E-state index in [1.54, 1.807) is 25.0 Å². The molecule has 1 saturated carbocycles. The molecule has 2 aliphatic carbocycles. The number of ether oxygens (including phenoxy) is 4. The minimum absolute atomic E-state index is 0.117. The fourth-order valence-electron chi connectivity index (χ4n) is 8.51. The Kier molecular flexibility index (Phi) is 14.1. The van der Waals surface area contributed by atoms with Crippen LogP contribution in [0.25, 0.3) is 0 Å². The summed E-state index contributed by atoms with van der Waals surface area (Å²) in [5.74, 6) is -0.208. The molecule has 0 unspecified atom stereocenters. The van der Waals surface area contributed by atoms with Gasteiger partial charge in [-0.05, 0) is 93.7 Å². The molecule has 0 saturated heterocycles. The van der Waals surface area contributed by atoms with Crippen LogP contribution in [0.1, 0.15) is 88.1 Å². The van der Waals surface area contributed by atoms with Crippen molar-refractivity contribution in [2.75, 3.05) is 40.1 Å². The molecule has 11 heteroatoms. The van der Waals surface area contributed by atoms with Crippen LogP contribution in [-0.2, 0) is 20.9 Å². The third-order valence-electron chi connectivity index (χ3n) is 10.5. The maximum atomic E-state index is 13.8. The smallest absolute Gasteiger partial charge is 0.410 e. The van der Waals surface area contributed by atoms with Crippen molar-refractivity contribution in [1.82, 2.24) is 9.88 Å². The van der Waals surface area contributed by atoms with Crippen LogP contribution in [0.4, 0.5) is 4.79 Å². The molecule has 0 radical (unpaired) electrons. The molecule has 1 aromatic carbocycles. The number of carbonyl (C=O) groups excluding carboxylic acids is 1. The summed E-state index contributed by atoms with van der Waals surface area (Å²) in [6.07, 6.45) is 9.46. The molecule has 2 aromatic rings. The highest BCUT2D eigenvalue weighted by Gasteiger charge is 2.65. The summed E-state index contributed by atoms with van der Waals surface area (Å²) in [7, 11) is 1.55. The zero-order chi connectivity index (χ0) is 37.1. The number of hydrogen-bond acceptors (Lipinski definition) is 10. The Morgan fingerprint density at radius 3 is 2.62 bits per heavy atom. The van der Waals surface area contributed by atoms with Gasteiger partial charge in [0.05, 0.1) is 30.5 Å². The lowest BCUT2D eigenvalue weighted by molar-refractivity contribution is -0.255. The van der Waals surface area contributed by atoms with E-state index in [-0.39, 0.29) is 50.1 Å². The summed E-state index contributed by atoms with van der Waals surface area (Å²) in [6.45, 7) is 11.2. The minimum Gasteiger partial charge on any atom is -0.487 e. The maximum absolute atomic E-state index is 13.8. The number of hydrogen-bond donors (Lipinski definition) is 2.